The fraction of sp³-hybridized carbons (Fsp3) is 0. The summed E-state index contributed by atoms with van der Waals surface area (Å²) >= 11 is 0. The van der Waals surface area contributed by atoms with Crippen molar-refractivity contribution in [3.8, 4) is 56.7 Å². The van der Waals surface area contributed by atoms with E-state index in [4.69, 9.17) is 15.0 Å². The molecule has 11 aromatic rings. The van der Waals surface area contributed by atoms with E-state index in [0.717, 1.165) is 61.0 Å². The van der Waals surface area contributed by atoms with Gasteiger partial charge in [-0.25, -0.2) is 4.98 Å². The molecule has 3 heterocycles. The number of fused-ring (bicyclic) bond motifs is 7. The number of para-hydroxylation sites is 3. The van der Waals surface area contributed by atoms with Gasteiger partial charge in [0.2, 0.25) is 5.95 Å². The Kier molecular flexibility index (Phi) is 7.42. The molecule has 0 aliphatic rings. The largest absolute Gasteiger partial charge is 0.309 e. The van der Waals surface area contributed by atoms with Crippen LogP contribution in [0.3, 0.4) is 0 Å². The standard InChI is InChI=1S/C51H33N5/c1-4-16-34(17-5-1)36-20-14-22-38(32-36)49-52-50(39-23-15-21-37(33-39)35-18-6-2-7-19-35)54-51(53-49)56-44-29-13-11-27-42(44)48-46(56)31-30-45-47(48)41-26-10-12-28-43(41)55(45)40-24-8-3-9-25-40/h1-33H. The van der Waals surface area contributed by atoms with Crippen LogP contribution in [-0.2, 0) is 0 Å². The van der Waals surface area contributed by atoms with Crippen LogP contribution in [0.15, 0.2) is 200 Å². The minimum Gasteiger partial charge on any atom is -0.309 e. The molecule has 0 radical (unpaired) electrons. The van der Waals surface area contributed by atoms with Crippen molar-refractivity contribution in [2.24, 2.45) is 0 Å². The molecule has 0 saturated heterocycles. The summed E-state index contributed by atoms with van der Waals surface area (Å²) in [6.07, 6.45) is 0. The molecule has 0 atom stereocenters. The summed E-state index contributed by atoms with van der Waals surface area (Å²) < 4.78 is 4.59. The number of aromatic nitrogens is 5. The maximum Gasteiger partial charge on any atom is 0.238 e. The highest BCUT2D eigenvalue weighted by atomic mass is 15.2. The molecule has 0 amide bonds. The number of nitrogens with zero attached hydrogens (tertiary/aromatic N) is 5. The molecule has 262 valence electrons. The minimum atomic E-state index is 0.567. The van der Waals surface area contributed by atoms with Gasteiger partial charge in [-0.3, -0.25) is 4.57 Å². The second-order valence-electron chi connectivity index (χ2n) is 14.1. The lowest BCUT2D eigenvalue weighted by Gasteiger charge is -2.12. The van der Waals surface area contributed by atoms with Gasteiger partial charge < -0.3 is 4.57 Å². The Labute approximate surface area is 323 Å². The Hall–Kier alpha value is -7.63. The van der Waals surface area contributed by atoms with Crippen LogP contribution in [0.25, 0.3) is 100 Å². The van der Waals surface area contributed by atoms with Gasteiger partial charge in [0.1, 0.15) is 0 Å². The Morgan fingerprint density at radius 2 is 0.696 bits per heavy atom. The molecule has 11 rings (SSSR count). The van der Waals surface area contributed by atoms with Crippen LogP contribution in [0.1, 0.15) is 0 Å². The number of hydrogen-bond acceptors (Lipinski definition) is 3. The van der Waals surface area contributed by atoms with E-state index in [2.05, 4.69) is 197 Å². The molecule has 0 spiro atoms. The molecule has 0 N–H and O–H groups in total. The van der Waals surface area contributed by atoms with E-state index in [1.807, 2.05) is 12.1 Å². The molecule has 0 saturated carbocycles. The van der Waals surface area contributed by atoms with Crippen LogP contribution in [0.5, 0.6) is 0 Å². The van der Waals surface area contributed by atoms with Gasteiger partial charge in [0.15, 0.2) is 11.6 Å². The third-order valence-corrected chi connectivity index (χ3v) is 10.8. The van der Waals surface area contributed by atoms with Crippen LogP contribution in [0, 0.1) is 0 Å². The molecule has 0 aliphatic carbocycles. The highest BCUT2D eigenvalue weighted by Crippen LogP contribution is 2.42. The highest BCUT2D eigenvalue weighted by molar-refractivity contribution is 6.28. The predicted octanol–water partition coefficient (Wildman–Crippen LogP) is 12.7. The molecular formula is C51H33N5. The average molecular weight is 716 g/mol. The second-order valence-corrected chi connectivity index (χ2v) is 14.1. The van der Waals surface area contributed by atoms with E-state index in [-0.39, 0.29) is 0 Å². The maximum atomic E-state index is 5.32. The normalized spacial score (nSPS) is 11.6. The molecule has 0 bridgehead atoms. The molecule has 5 heteroatoms. The van der Waals surface area contributed by atoms with Crippen LogP contribution >= 0.6 is 0 Å². The van der Waals surface area contributed by atoms with Gasteiger partial charge >= 0.3 is 0 Å². The summed E-state index contributed by atoms with van der Waals surface area (Å²) in [7, 11) is 0. The van der Waals surface area contributed by atoms with Gasteiger partial charge in [0.05, 0.1) is 22.1 Å². The Morgan fingerprint density at radius 1 is 0.286 bits per heavy atom. The van der Waals surface area contributed by atoms with Crippen molar-refractivity contribution in [1.82, 2.24) is 24.1 Å². The Balaban J connectivity index is 1.20. The van der Waals surface area contributed by atoms with E-state index in [9.17, 15) is 0 Å². The quantitative estimate of drug-likeness (QED) is 0.172. The van der Waals surface area contributed by atoms with Crippen LogP contribution < -0.4 is 0 Å². The summed E-state index contributed by atoms with van der Waals surface area (Å²) in [5, 5.41) is 4.72. The van der Waals surface area contributed by atoms with Crippen LogP contribution in [0.2, 0.25) is 0 Å². The first-order chi connectivity index (χ1) is 27.8. The van der Waals surface area contributed by atoms with E-state index >= 15 is 0 Å². The van der Waals surface area contributed by atoms with Gasteiger partial charge in [-0.2, -0.15) is 9.97 Å². The third kappa shape index (κ3) is 5.21. The summed E-state index contributed by atoms with van der Waals surface area (Å²) in [5.41, 5.74) is 11.8. The lowest BCUT2D eigenvalue weighted by Crippen LogP contribution is -2.06. The van der Waals surface area contributed by atoms with Crippen molar-refractivity contribution in [3.05, 3.63) is 200 Å². The average Bonchev–Trinajstić information content (AvgIpc) is 3.80. The number of hydrogen-bond donors (Lipinski definition) is 0. The summed E-state index contributed by atoms with van der Waals surface area (Å²) in [6, 6.07) is 70.2. The monoisotopic (exact) mass is 715 g/mol. The molecule has 0 aliphatic heterocycles. The third-order valence-electron chi connectivity index (χ3n) is 10.8. The zero-order valence-electron chi connectivity index (χ0n) is 30.3. The second kappa shape index (κ2) is 13.0. The lowest BCUT2D eigenvalue weighted by molar-refractivity contribution is 0.953. The summed E-state index contributed by atoms with van der Waals surface area (Å²) in [4.78, 5) is 15.8. The SMILES string of the molecule is c1ccc(-c2cccc(-c3nc(-c4cccc(-c5ccccc5)c4)nc(-n4c5ccccc5c5c6c7ccccc7n(-c7ccccc7)c6ccc54)n3)c2)cc1. The predicted molar refractivity (Wildman–Crippen MR) is 230 cm³/mol. The fourth-order valence-corrected chi connectivity index (χ4v) is 8.25. The maximum absolute atomic E-state index is 5.32. The Morgan fingerprint density at radius 3 is 1.23 bits per heavy atom. The first kappa shape index (κ1) is 31.9. The van der Waals surface area contributed by atoms with Crippen molar-refractivity contribution in [2.75, 3.05) is 0 Å². The topological polar surface area (TPSA) is 48.5 Å². The van der Waals surface area contributed by atoms with Gasteiger partial charge in [-0.1, -0.05) is 152 Å². The van der Waals surface area contributed by atoms with Crippen LogP contribution in [-0.4, -0.2) is 24.1 Å². The molecule has 3 aromatic heterocycles. The van der Waals surface area contributed by atoms with E-state index < -0.39 is 0 Å². The van der Waals surface area contributed by atoms with E-state index in [1.54, 1.807) is 0 Å². The molecule has 5 nitrogen and oxygen atoms in total. The van der Waals surface area contributed by atoms with Gasteiger partial charge in [-0.05, 0) is 70.8 Å². The molecule has 8 aromatic carbocycles. The van der Waals surface area contributed by atoms with Crippen molar-refractivity contribution in [3.63, 3.8) is 0 Å². The summed E-state index contributed by atoms with van der Waals surface area (Å²) in [6.45, 7) is 0. The van der Waals surface area contributed by atoms with Crippen molar-refractivity contribution in [2.45, 2.75) is 0 Å². The highest BCUT2D eigenvalue weighted by Gasteiger charge is 2.22. The van der Waals surface area contributed by atoms with Crippen molar-refractivity contribution >= 4 is 43.6 Å². The van der Waals surface area contributed by atoms with Gasteiger partial charge in [0, 0.05) is 38.4 Å². The molecule has 0 unspecified atom stereocenters. The van der Waals surface area contributed by atoms with Crippen molar-refractivity contribution < 1.29 is 0 Å². The zero-order chi connectivity index (χ0) is 37.0. The molecule has 0 fully saturated rings. The van der Waals surface area contributed by atoms with Gasteiger partial charge in [-0.15, -0.1) is 0 Å². The Bertz CT molecular complexity index is 3130. The smallest absolute Gasteiger partial charge is 0.238 e. The lowest BCUT2D eigenvalue weighted by atomic mass is 10.0. The van der Waals surface area contributed by atoms with Crippen LogP contribution in [0.4, 0.5) is 0 Å². The summed E-state index contributed by atoms with van der Waals surface area (Å²) in [5.74, 6) is 1.79. The molecule has 56 heavy (non-hydrogen) atoms. The minimum absolute atomic E-state index is 0.567. The van der Waals surface area contributed by atoms with E-state index in [1.165, 1.54) is 21.7 Å². The fourth-order valence-electron chi connectivity index (χ4n) is 8.25. The number of rotatable bonds is 6. The zero-order valence-corrected chi connectivity index (χ0v) is 30.3. The van der Waals surface area contributed by atoms with Crippen molar-refractivity contribution in [1.29, 1.82) is 0 Å². The van der Waals surface area contributed by atoms with Gasteiger partial charge in [0.25, 0.3) is 0 Å². The molecular weight excluding hydrogens is 683 g/mol. The van der Waals surface area contributed by atoms with E-state index in [0.29, 0.717) is 17.6 Å². The first-order valence-corrected chi connectivity index (χ1v) is 18.9. The number of benzene rings is 8. The first-order valence-electron chi connectivity index (χ1n) is 18.9.